The summed E-state index contributed by atoms with van der Waals surface area (Å²) in [5.74, 6) is -0.186. The molecule has 348 valence electrons. The standard InChI is InChI=1S/C51H91NO8/c1-3-5-7-9-10-11-12-13-14-15-16-17-18-19-20-21-22-23-24-25-26-27-28-29-30-31-32-33-34-35-36-37-39-41-47(55)52-44(45(54)40-38-8-6-4-2)43-59-51-50(58)49(57)48(56)46(42-53)60-51/h5,7,10-11,13-14,16-17,38,40,44-46,48-51,53-54,56-58H,3-4,6,8-9,12,15,18-37,39,41-43H2,1-2H3,(H,52,55)/b7-5-,11-10-,14-13-,17-16-,40-38+. The molecule has 7 unspecified atom stereocenters. The summed E-state index contributed by atoms with van der Waals surface area (Å²) < 4.78 is 11.1. The number of allylic oxidation sites excluding steroid dienone is 9. The van der Waals surface area contributed by atoms with Crippen LogP contribution in [0.15, 0.2) is 60.8 Å². The Kier molecular flexibility index (Phi) is 38.1. The second-order valence-electron chi connectivity index (χ2n) is 16.9. The van der Waals surface area contributed by atoms with Crippen LogP contribution in [0.5, 0.6) is 0 Å². The molecule has 1 amide bonds. The molecule has 1 rings (SSSR count). The Bertz CT molecular complexity index is 1120. The Morgan fingerprint density at radius 3 is 1.52 bits per heavy atom. The van der Waals surface area contributed by atoms with E-state index in [1.165, 1.54) is 116 Å². The highest BCUT2D eigenvalue weighted by atomic mass is 16.7. The summed E-state index contributed by atoms with van der Waals surface area (Å²) >= 11 is 0. The van der Waals surface area contributed by atoms with Crippen molar-refractivity contribution in [3.05, 3.63) is 60.8 Å². The summed E-state index contributed by atoms with van der Waals surface area (Å²) in [5.41, 5.74) is 0. The Morgan fingerprint density at radius 2 is 1.03 bits per heavy atom. The largest absolute Gasteiger partial charge is 0.394 e. The number of rotatable bonds is 40. The van der Waals surface area contributed by atoms with Gasteiger partial charge in [0.15, 0.2) is 6.29 Å². The molecule has 0 aromatic rings. The average molecular weight is 846 g/mol. The molecule has 1 heterocycles. The van der Waals surface area contributed by atoms with Gasteiger partial charge in [0.1, 0.15) is 24.4 Å². The van der Waals surface area contributed by atoms with E-state index in [0.717, 1.165) is 64.2 Å². The summed E-state index contributed by atoms with van der Waals surface area (Å²) in [6, 6.07) is -0.800. The highest BCUT2D eigenvalue weighted by Crippen LogP contribution is 2.23. The normalized spacial score (nSPS) is 21.1. The number of unbranched alkanes of at least 4 members (excludes halogenated alkanes) is 22. The van der Waals surface area contributed by atoms with Gasteiger partial charge in [-0.1, -0.05) is 203 Å². The topological polar surface area (TPSA) is 149 Å². The van der Waals surface area contributed by atoms with Crippen molar-refractivity contribution in [2.45, 2.75) is 243 Å². The van der Waals surface area contributed by atoms with Crippen molar-refractivity contribution in [3.8, 4) is 0 Å². The lowest BCUT2D eigenvalue weighted by Crippen LogP contribution is -2.60. The van der Waals surface area contributed by atoms with E-state index in [1.54, 1.807) is 6.08 Å². The van der Waals surface area contributed by atoms with E-state index in [-0.39, 0.29) is 12.5 Å². The molecule has 0 aromatic heterocycles. The molecule has 60 heavy (non-hydrogen) atoms. The SMILES string of the molecule is CC/C=C\C/C=C\C/C=C\C/C=C\CCCCCCCCCCCCCCCCCCCCCCC(=O)NC(COC1OC(CO)C(O)C(O)C1O)C(O)/C=C/CCCC. The van der Waals surface area contributed by atoms with Crippen LogP contribution in [0.1, 0.15) is 200 Å². The number of amides is 1. The van der Waals surface area contributed by atoms with Crippen molar-refractivity contribution in [1.82, 2.24) is 5.32 Å². The molecule has 1 aliphatic heterocycles. The van der Waals surface area contributed by atoms with Crippen molar-refractivity contribution < 1.29 is 39.8 Å². The molecule has 1 saturated heterocycles. The number of nitrogens with one attached hydrogen (secondary N) is 1. The van der Waals surface area contributed by atoms with Crippen molar-refractivity contribution in [2.75, 3.05) is 13.2 Å². The molecule has 0 aromatic carbocycles. The lowest BCUT2D eigenvalue weighted by molar-refractivity contribution is -0.302. The van der Waals surface area contributed by atoms with Gasteiger partial charge in [-0.05, 0) is 51.4 Å². The third kappa shape index (κ3) is 30.8. The fraction of sp³-hybridized carbons (Fsp3) is 0.784. The predicted octanol–water partition coefficient (Wildman–Crippen LogP) is 10.8. The number of aliphatic hydroxyl groups excluding tert-OH is 5. The Balaban J connectivity index is 1.99. The number of hydrogen-bond donors (Lipinski definition) is 6. The summed E-state index contributed by atoms with van der Waals surface area (Å²) in [5, 5.41) is 53.6. The zero-order valence-corrected chi connectivity index (χ0v) is 38.2. The number of hydrogen-bond acceptors (Lipinski definition) is 8. The second kappa shape index (κ2) is 40.9. The van der Waals surface area contributed by atoms with Crippen molar-refractivity contribution in [2.24, 2.45) is 0 Å². The molecular weight excluding hydrogens is 755 g/mol. The number of ether oxygens (including phenoxy) is 2. The highest BCUT2D eigenvalue weighted by Gasteiger charge is 2.44. The molecule has 0 radical (unpaired) electrons. The van der Waals surface area contributed by atoms with Crippen LogP contribution in [0.3, 0.4) is 0 Å². The van der Waals surface area contributed by atoms with Gasteiger partial charge in [-0.15, -0.1) is 0 Å². The minimum Gasteiger partial charge on any atom is -0.394 e. The molecule has 0 saturated carbocycles. The molecule has 9 nitrogen and oxygen atoms in total. The van der Waals surface area contributed by atoms with E-state index in [1.807, 2.05) is 6.08 Å². The first-order valence-corrected chi connectivity index (χ1v) is 24.5. The zero-order chi connectivity index (χ0) is 43.7. The van der Waals surface area contributed by atoms with Gasteiger partial charge >= 0.3 is 0 Å². The van der Waals surface area contributed by atoms with Crippen LogP contribution in [0.4, 0.5) is 0 Å². The van der Waals surface area contributed by atoms with Gasteiger partial charge in [-0.25, -0.2) is 0 Å². The Labute approximate surface area is 366 Å². The van der Waals surface area contributed by atoms with E-state index >= 15 is 0 Å². The van der Waals surface area contributed by atoms with E-state index in [4.69, 9.17) is 9.47 Å². The van der Waals surface area contributed by atoms with Crippen LogP contribution in [0.25, 0.3) is 0 Å². The summed E-state index contributed by atoms with van der Waals surface area (Å²) in [6.07, 6.45) is 48.0. The van der Waals surface area contributed by atoms with Gasteiger partial charge in [0.2, 0.25) is 5.91 Å². The molecule has 0 aliphatic carbocycles. The number of carbonyl (C=O) groups is 1. The Morgan fingerprint density at radius 1 is 0.583 bits per heavy atom. The van der Waals surface area contributed by atoms with E-state index in [0.29, 0.717) is 6.42 Å². The molecule has 1 aliphatic rings. The van der Waals surface area contributed by atoms with Crippen LogP contribution in [0.2, 0.25) is 0 Å². The van der Waals surface area contributed by atoms with Gasteiger partial charge in [-0.3, -0.25) is 4.79 Å². The molecule has 1 fully saturated rings. The van der Waals surface area contributed by atoms with Crippen LogP contribution in [-0.4, -0.2) is 87.5 Å². The summed E-state index contributed by atoms with van der Waals surface area (Å²) in [6.45, 7) is 3.50. The van der Waals surface area contributed by atoms with Gasteiger partial charge in [-0.2, -0.15) is 0 Å². The molecule has 9 heteroatoms. The highest BCUT2D eigenvalue weighted by molar-refractivity contribution is 5.76. The van der Waals surface area contributed by atoms with Crippen molar-refractivity contribution in [3.63, 3.8) is 0 Å². The molecule has 0 spiro atoms. The second-order valence-corrected chi connectivity index (χ2v) is 16.9. The predicted molar refractivity (Wildman–Crippen MR) is 249 cm³/mol. The minimum absolute atomic E-state index is 0.186. The van der Waals surface area contributed by atoms with Gasteiger partial charge in [0.05, 0.1) is 25.4 Å². The zero-order valence-electron chi connectivity index (χ0n) is 38.2. The van der Waals surface area contributed by atoms with E-state index < -0.39 is 49.5 Å². The summed E-state index contributed by atoms with van der Waals surface area (Å²) in [4.78, 5) is 12.8. The quantitative estimate of drug-likeness (QED) is 0.0264. The van der Waals surface area contributed by atoms with Gasteiger partial charge in [0.25, 0.3) is 0 Å². The number of carbonyl (C=O) groups excluding carboxylic acids is 1. The number of aliphatic hydroxyl groups is 5. The monoisotopic (exact) mass is 846 g/mol. The third-order valence-corrected chi connectivity index (χ3v) is 11.3. The fourth-order valence-corrected chi connectivity index (χ4v) is 7.43. The Hall–Kier alpha value is -2.11. The maximum atomic E-state index is 12.8. The average Bonchev–Trinajstić information content (AvgIpc) is 3.25. The van der Waals surface area contributed by atoms with Crippen molar-refractivity contribution >= 4 is 5.91 Å². The molecule has 0 bridgehead atoms. The van der Waals surface area contributed by atoms with Crippen LogP contribution >= 0.6 is 0 Å². The maximum absolute atomic E-state index is 12.8. The first kappa shape index (κ1) is 55.9. The van der Waals surface area contributed by atoms with Crippen LogP contribution in [-0.2, 0) is 14.3 Å². The smallest absolute Gasteiger partial charge is 0.220 e. The van der Waals surface area contributed by atoms with E-state index in [2.05, 4.69) is 67.8 Å². The molecular formula is C51H91NO8. The summed E-state index contributed by atoms with van der Waals surface area (Å²) in [7, 11) is 0. The molecule has 6 N–H and O–H groups in total. The first-order chi connectivity index (χ1) is 29.3. The van der Waals surface area contributed by atoms with Crippen molar-refractivity contribution in [1.29, 1.82) is 0 Å². The first-order valence-electron chi connectivity index (χ1n) is 24.5. The van der Waals surface area contributed by atoms with Gasteiger partial charge < -0.3 is 40.3 Å². The van der Waals surface area contributed by atoms with Crippen LogP contribution < -0.4 is 5.32 Å². The lowest BCUT2D eigenvalue weighted by atomic mass is 9.99. The molecule has 7 atom stereocenters. The maximum Gasteiger partial charge on any atom is 0.220 e. The fourth-order valence-electron chi connectivity index (χ4n) is 7.43. The third-order valence-electron chi connectivity index (χ3n) is 11.3. The minimum atomic E-state index is -1.56. The van der Waals surface area contributed by atoms with Gasteiger partial charge in [0, 0.05) is 6.42 Å². The lowest BCUT2D eigenvalue weighted by Gasteiger charge is -2.40. The van der Waals surface area contributed by atoms with E-state index in [9.17, 15) is 30.3 Å². The van der Waals surface area contributed by atoms with Crippen LogP contribution in [0, 0.1) is 0 Å².